The molecule has 1 aliphatic heterocycles. The van der Waals surface area contributed by atoms with Crippen molar-refractivity contribution in [1.29, 1.82) is 0 Å². The molecule has 1 saturated heterocycles. The van der Waals surface area contributed by atoms with Crippen LogP contribution in [-0.4, -0.2) is 29.1 Å². The van der Waals surface area contributed by atoms with Gasteiger partial charge in [-0.3, -0.25) is 4.90 Å². The Morgan fingerprint density at radius 2 is 1.60 bits per heavy atom. The number of piperidine rings is 1. The molecule has 0 atom stereocenters. The molecular formula is C17H25NO2. The van der Waals surface area contributed by atoms with E-state index in [0.717, 1.165) is 19.6 Å². The van der Waals surface area contributed by atoms with Gasteiger partial charge in [-0.1, -0.05) is 39.8 Å². The summed E-state index contributed by atoms with van der Waals surface area (Å²) >= 11 is 0. The molecule has 0 spiro atoms. The Kier molecular flexibility index (Phi) is 3.92. The Balaban J connectivity index is 2.07. The van der Waals surface area contributed by atoms with Gasteiger partial charge in [-0.05, 0) is 34.9 Å². The van der Waals surface area contributed by atoms with Gasteiger partial charge in [0, 0.05) is 19.6 Å². The van der Waals surface area contributed by atoms with Crippen LogP contribution in [0.4, 0.5) is 0 Å². The van der Waals surface area contributed by atoms with Crippen LogP contribution >= 0.6 is 0 Å². The van der Waals surface area contributed by atoms with Gasteiger partial charge in [-0.15, -0.1) is 0 Å². The number of hydrogen-bond acceptors (Lipinski definition) is 2. The number of benzene rings is 1. The number of carboxylic acids is 1. The number of rotatable bonds is 3. The van der Waals surface area contributed by atoms with E-state index in [0.29, 0.717) is 16.4 Å². The SMILES string of the molecule is CC1(C)CN(Cc2ccc(C(=O)O)cc2)CC(C)(C)C1. The average molecular weight is 275 g/mol. The number of carbonyl (C=O) groups is 1. The number of likely N-dealkylation sites (tertiary alicyclic amines) is 1. The van der Waals surface area contributed by atoms with Gasteiger partial charge >= 0.3 is 5.97 Å². The molecule has 110 valence electrons. The third kappa shape index (κ3) is 3.83. The highest BCUT2D eigenvalue weighted by Crippen LogP contribution is 2.40. The van der Waals surface area contributed by atoms with E-state index in [2.05, 4.69) is 32.6 Å². The Morgan fingerprint density at radius 3 is 2.05 bits per heavy atom. The molecule has 0 radical (unpaired) electrons. The van der Waals surface area contributed by atoms with E-state index in [4.69, 9.17) is 5.11 Å². The molecule has 1 N–H and O–H groups in total. The minimum atomic E-state index is -0.864. The first kappa shape index (κ1) is 15.0. The predicted octanol–water partition coefficient (Wildman–Crippen LogP) is 3.64. The molecule has 0 aliphatic carbocycles. The summed E-state index contributed by atoms with van der Waals surface area (Å²) in [6.45, 7) is 12.4. The lowest BCUT2D eigenvalue weighted by Crippen LogP contribution is -2.47. The van der Waals surface area contributed by atoms with Gasteiger partial charge in [-0.25, -0.2) is 4.79 Å². The van der Waals surface area contributed by atoms with E-state index in [-0.39, 0.29) is 0 Å². The van der Waals surface area contributed by atoms with Gasteiger partial charge in [0.2, 0.25) is 0 Å². The van der Waals surface area contributed by atoms with Gasteiger partial charge in [0.1, 0.15) is 0 Å². The van der Waals surface area contributed by atoms with Crippen LogP contribution in [-0.2, 0) is 6.54 Å². The highest BCUT2D eigenvalue weighted by atomic mass is 16.4. The van der Waals surface area contributed by atoms with Gasteiger partial charge < -0.3 is 5.11 Å². The van der Waals surface area contributed by atoms with E-state index in [1.54, 1.807) is 12.1 Å². The zero-order chi connectivity index (χ0) is 15.0. The largest absolute Gasteiger partial charge is 0.478 e. The number of aromatic carboxylic acids is 1. The summed E-state index contributed by atoms with van der Waals surface area (Å²) in [6.07, 6.45) is 1.24. The van der Waals surface area contributed by atoms with E-state index < -0.39 is 5.97 Å². The molecule has 0 saturated carbocycles. The van der Waals surface area contributed by atoms with Crippen LogP contribution < -0.4 is 0 Å². The lowest BCUT2D eigenvalue weighted by Gasteiger charge is -2.47. The van der Waals surface area contributed by atoms with Crippen LogP contribution in [0, 0.1) is 10.8 Å². The topological polar surface area (TPSA) is 40.5 Å². The van der Waals surface area contributed by atoms with E-state index in [1.165, 1.54) is 12.0 Å². The highest BCUT2D eigenvalue weighted by molar-refractivity contribution is 5.87. The standard InChI is InChI=1S/C17H25NO2/c1-16(2)10-17(3,4)12-18(11-16)9-13-5-7-14(8-6-13)15(19)20/h5-8H,9-12H2,1-4H3,(H,19,20). The van der Waals surface area contributed by atoms with Crippen molar-refractivity contribution in [3.8, 4) is 0 Å². The molecule has 1 fully saturated rings. The van der Waals surface area contributed by atoms with Crippen molar-refractivity contribution in [3.05, 3.63) is 35.4 Å². The molecule has 1 aliphatic rings. The maximum absolute atomic E-state index is 10.9. The fourth-order valence-electron chi connectivity index (χ4n) is 3.80. The fraction of sp³-hybridized carbons (Fsp3) is 0.588. The molecule has 0 amide bonds. The molecule has 1 heterocycles. The van der Waals surface area contributed by atoms with Crippen molar-refractivity contribution >= 4 is 5.97 Å². The first-order valence-corrected chi connectivity index (χ1v) is 7.22. The summed E-state index contributed by atoms with van der Waals surface area (Å²) in [5.41, 5.74) is 2.21. The molecule has 1 aromatic carbocycles. The number of nitrogens with zero attached hydrogens (tertiary/aromatic N) is 1. The molecule has 0 bridgehead atoms. The summed E-state index contributed by atoms with van der Waals surface area (Å²) in [4.78, 5) is 13.3. The van der Waals surface area contributed by atoms with E-state index in [1.807, 2.05) is 12.1 Å². The van der Waals surface area contributed by atoms with Crippen LogP contribution in [0.2, 0.25) is 0 Å². The maximum atomic E-state index is 10.9. The van der Waals surface area contributed by atoms with Crippen molar-refractivity contribution in [2.45, 2.75) is 40.7 Å². The van der Waals surface area contributed by atoms with Crippen molar-refractivity contribution < 1.29 is 9.90 Å². The van der Waals surface area contributed by atoms with Gasteiger partial charge in [0.25, 0.3) is 0 Å². The summed E-state index contributed by atoms with van der Waals surface area (Å²) in [6, 6.07) is 7.24. The first-order chi connectivity index (χ1) is 9.17. The molecule has 2 rings (SSSR count). The Morgan fingerprint density at radius 1 is 1.10 bits per heavy atom. The smallest absolute Gasteiger partial charge is 0.335 e. The van der Waals surface area contributed by atoms with E-state index in [9.17, 15) is 4.79 Å². The number of carboxylic acid groups (broad SMARTS) is 1. The molecular weight excluding hydrogens is 250 g/mol. The van der Waals surface area contributed by atoms with Crippen LogP contribution in [0.5, 0.6) is 0 Å². The van der Waals surface area contributed by atoms with Gasteiger partial charge in [0.15, 0.2) is 0 Å². The molecule has 1 aromatic rings. The zero-order valence-corrected chi connectivity index (χ0v) is 12.9. The monoisotopic (exact) mass is 275 g/mol. The van der Waals surface area contributed by atoms with Crippen molar-refractivity contribution in [1.82, 2.24) is 4.90 Å². The van der Waals surface area contributed by atoms with Crippen LogP contribution in [0.1, 0.15) is 50.0 Å². The Hall–Kier alpha value is -1.35. The lowest BCUT2D eigenvalue weighted by molar-refractivity contribution is 0.0230. The van der Waals surface area contributed by atoms with Crippen LogP contribution in [0.25, 0.3) is 0 Å². The summed E-state index contributed by atoms with van der Waals surface area (Å²) < 4.78 is 0. The second kappa shape index (κ2) is 5.21. The first-order valence-electron chi connectivity index (χ1n) is 7.22. The molecule has 3 nitrogen and oxygen atoms in total. The van der Waals surface area contributed by atoms with Crippen LogP contribution in [0.3, 0.4) is 0 Å². The average Bonchev–Trinajstić information content (AvgIpc) is 2.25. The minimum Gasteiger partial charge on any atom is -0.478 e. The summed E-state index contributed by atoms with van der Waals surface area (Å²) in [5.74, 6) is -0.864. The lowest BCUT2D eigenvalue weighted by atomic mass is 9.71. The highest BCUT2D eigenvalue weighted by Gasteiger charge is 2.37. The second-order valence-corrected chi connectivity index (χ2v) is 7.65. The minimum absolute atomic E-state index is 0.336. The molecule has 20 heavy (non-hydrogen) atoms. The van der Waals surface area contributed by atoms with Gasteiger partial charge in [-0.2, -0.15) is 0 Å². The fourth-order valence-corrected chi connectivity index (χ4v) is 3.80. The third-order valence-electron chi connectivity index (χ3n) is 3.87. The zero-order valence-electron chi connectivity index (χ0n) is 12.9. The van der Waals surface area contributed by atoms with Crippen molar-refractivity contribution in [2.24, 2.45) is 10.8 Å². The molecule has 0 unspecified atom stereocenters. The molecule has 0 aromatic heterocycles. The Labute approximate surface area is 121 Å². The quantitative estimate of drug-likeness (QED) is 0.915. The van der Waals surface area contributed by atoms with Gasteiger partial charge in [0.05, 0.1) is 5.56 Å². The van der Waals surface area contributed by atoms with Crippen molar-refractivity contribution in [2.75, 3.05) is 13.1 Å². The maximum Gasteiger partial charge on any atom is 0.335 e. The van der Waals surface area contributed by atoms with Crippen LogP contribution in [0.15, 0.2) is 24.3 Å². The van der Waals surface area contributed by atoms with E-state index >= 15 is 0 Å². The molecule has 3 heteroatoms. The Bertz CT molecular complexity index is 472. The normalized spacial score (nSPS) is 21.6. The summed E-state index contributed by atoms with van der Waals surface area (Å²) in [5, 5.41) is 8.92. The predicted molar refractivity (Wildman–Crippen MR) is 80.9 cm³/mol. The third-order valence-corrected chi connectivity index (χ3v) is 3.87. The number of hydrogen-bond donors (Lipinski definition) is 1. The summed E-state index contributed by atoms with van der Waals surface area (Å²) in [7, 11) is 0. The second-order valence-electron chi connectivity index (χ2n) is 7.65. The van der Waals surface area contributed by atoms with Crippen molar-refractivity contribution in [3.63, 3.8) is 0 Å².